The molecule has 1 saturated carbocycles. The lowest BCUT2D eigenvalue weighted by molar-refractivity contribution is 0.0596. The smallest absolute Gasteiger partial charge is 0.0446 e. The second kappa shape index (κ2) is 7.27. The first kappa shape index (κ1) is 19.0. The maximum absolute atomic E-state index is 4.06. The summed E-state index contributed by atoms with van der Waals surface area (Å²) in [5.41, 5.74) is 0.502. The van der Waals surface area contributed by atoms with Gasteiger partial charge in [0, 0.05) is 20.4 Å². The Morgan fingerprint density at radius 1 is 0.826 bits per heavy atom. The number of nitrogens with one attached hydrogen (secondary N) is 1. The highest BCUT2D eigenvalue weighted by atomic mass is 28.3. The normalized spacial score (nSPS) is 35.8. The average molecular weight is 334 g/mol. The molecule has 0 amide bonds. The Bertz CT molecular complexity index is 439. The zero-order valence-electron chi connectivity index (χ0n) is 16.4. The molecule has 2 atom stereocenters. The van der Waals surface area contributed by atoms with Gasteiger partial charge in [-0.15, -0.1) is 0 Å². The van der Waals surface area contributed by atoms with Gasteiger partial charge >= 0.3 is 0 Å². The van der Waals surface area contributed by atoms with E-state index in [-0.39, 0.29) is 5.54 Å². The summed E-state index contributed by atoms with van der Waals surface area (Å²) in [4.78, 5) is 0. The first-order chi connectivity index (χ1) is 10.7. The quantitative estimate of drug-likeness (QED) is 0.639. The Balaban J connectivity index is 2.36. The third-order valence-corrected chi connectivity index (χ3v) is 11.2. The van der Waals surface area contributed by atoms with Gasteiger partial charge in [0.25, 0.3) is 0 Å². The van der Waals surface area contributed by atoms with E-state index >= 15 is 0 Å². The second-order valence-corrected chi connectivity index (χ2v) is 12.8. The standard InChI is InChI=1S/C21H39NSi/c1-19(2)20(3,22-18-14-10-11-15-18)16-12-8-7-9-13-17-21(19,4)23(5)6/h10-11,14-15,18,22-23H,7-9,12-13,16-17H2,1-6H3. The van der Waals surface area contributed by atoms with E-state index in [1.165, 1.54) is 44.9 Å². The summed E-state index contributed by atoms with van der Waals surface area (Å²) < 4.78 is 0. The van der Waals surface area contributed by atoms with Crippen LogP contribution in [-0.2, 0) is 0 Å². The summed E-state index contributed by atoms with van der Waals surface area (Å²) in [6.45, 7) is 15.4. The second-order valence-electron chi connectivity index (χ2n) is 9.24. The van der Waals surface area contributed by atoms with Crippen molar-refractivity contribution in [2.24, 2.45) is 5.41 Å². The Morgan fingerprint density at radius 2 is 1.35 bits per heavy atom. The zero-order chi connectivity index (χ0) is 17.1. The third-order valence-electron chi connectivity index (χ3n) is 7.69. The Hall–Kier alpha value is -0.343. The SMILES string of the molecule is C[SiH](C)C1(C)CCCCCCCC(C)(NC2C=CC=C2)C1(C)C. The molecule has 1 N–H and O–H groups in total. The van der Waals surface area contributed by atoms with Gasteiger partial charge in [0.1, 0.15) is 0 Å². The molecule has 0 bridgehead atoms. The Labute approximate surface area is 146 Å². The lowest BCUT2D eigenvalue weighted by atomic mass is 9.61. The molecule has 1 nitrogen and oxygen atoms in total. The molecule has 2 unspecified atom stereocenters. The van der Waals surface area contributed by atoms with Gasteiger partial charge in [-0.2, -0.15) is 0 Å². The molecule has 0 spiro atoms. The summed E-state index contributed by atoms with van der Waals surface area (Å²) in [6.07, 6.45) is 18.8. The van der Waals surface area contributed by atoms with E-state index in [1.54, 1.807) is 0 Å². The van der Waals surface area contributed by atoms with Crippen LogP contribution in [0.25, 0.3) is 0 Å². The molecule has 0 aromatic rings. The van der Waals surface area contributed by atoms with Crippen LogP contribution in [-0.4, -0.2) is 20.4 Å². The van der Waals surface area contributed by atoms with Crippen LogP contribution in [0.15, 0.2) is 24.3 Å². The van der Waals surface area contributed by atoms with Gasteiger partial charge < -0.3 is 5.32 Å². The molecule has 2 aliphatic rings. The van der Waals surface area contributed by atoms with E-state index in [1.807, 2.05) is 0 Å². The fraction of sp³-hybridized carbons (Fsp3) is 0.810. The van der Waals surface area contributed by atoms with Gasteiger partial charge in [0.05, 0.1) is 0 Å². The van der Waals surface area contributed by atoms with Crippen molar-refractivity contribution < 1.29 is 0 Å². The monoisotopic (exact) mass is 333 g/mol. The van der Waals surface area contributed by atoms with Gasteiger partial charge in [-0.05, 0) is 30.2 Å². The highest BCUT2D eigenvalue weighted by molar-refractivity contribution is 6.59. The van der Waals surface area contributed by atoms with Crippen molar-refractivity contribution in [3.63, 3.8) is 0 Å². The fourth-order valence-corrected chi connectivity index (χ4v) is 7.46. The van der Waals surface area contributed by atoms with E-state index in [0.29, 0.717) is 16.5 Å². The van der Waals surface area contributed by atoms with Gasteiger partial charge in [-0.3, -0.25) is 0 Å². The maximum atomic E-state index is 4.06. The van der Waals surface area contributed by atoms with Crippen LogP contribution < -0.4 is 5.32 Å². The molecule has 132 valence electrons. The number of hydrogen-bond acceptors (Lipinski definition) is 1. The van der Waals surface area contributed by atoms with Crippen LogP contribution in [0, 0.1) is 5.41 Å². The number of allylic oxidation sites excluding steroid dienone is 2. The van der Waals surface area contributed by atoms with Crippen molar-refractivity contribution in [2.75, 3.05) is 0 Å². The van der Waals surface area contributed by atoms with Crippen LogP contribution in [0.1, 0.15) is 72.6 Å². The Kier molecular flexibility index (Phi) is 6.00. The van der Waals surface area contributed by atoms with Crippen LogP contribution in [0.4, 0.5) is 0 Å². The predicted molar refractivity (Wildman–Crippen MR) is 107 cm³/mol. The van der Waals surface area contributed by atoms with Crippen LogP contribution in [0.2, 0.25) is 18.1 Å². The highest BCUT2D eigenvalue weighted by Crippen LogP contribution is 2.58. The van der Waals surface area contributed by atoms with Crippen molar-refractivity contribution in [3.8, 4) is 0 Å². The van der Waals surface area contributed by atoms with E-state index in [2.05, 4.69) is 70.4 Å². The minimum Gasteiger partial charge on any atom is -0.301 e. The molecular weight excluding hydrogens is 294 g/mol. The molecule has 0 aromatic heterocycles. The highest BCUT2D eigenvalue weighted by Gasteiger charge is 2.53. The van der Waals surface area contributed by atoms with E-state index in [9.17, 15) is 0 Å². The van der Waals surface area contributed by atoms with Crippen LogP contribution in [0.3, 0.4) is 0 Å². The van der Waals surface area contributed by atoms with E-state index < -0.39 is 8.80 Å². The third kappa shape index (κ3) is 3.68. The summed E-state index contributed by atoms with van der Waals surface area (Å²) in [5, 5.41) is 4.56. The first-order valence-corrected chi connectivity index (χ1v) is 12.7. The number of rotatable bonds is 3. The van der Waals surface area contributed by atoms with Crippen LogP contribution in [0.5, 0.6) is 0 Å². The zero-order valence-corrected chi connectivity index (χ0v) is 17.6. The van der Waals surface area contributed by atoms with Crippen molar-refractivity contribution in [1.82, 2.24) is 5.32 Å². The summed E-state index contributed by atoms with van der Waals surface area (Å²) in [5.74, 6) is 0. The van der Waals surface area contributed by atoms with E-state index in [0.717, 1.165) is 0 Å². The predicted octanol–water partition coefficient (Wildman–Crippen LogP) is 5.85. The largest absolute Gasteiger partial charge is 0.301 e. The van der Waals surface area contributed by atoms with E-state index in [4.69, 9.17) is 0 Å². The van der Waals surface area contributed by atoms with Gasteiger partial charge in [-0.25, -0.2) is 0 Å². The molecule has 2 heteroatoms. The minimum absolute atomic E-state index is 0.194. The lowest BCUT2D eigenvalue weighted by Gasteiger charge is -2.58. The lowest BCUT2D eigenvalue weighted by Crippen LogP contribution is -2.62. The van der Waals surface area contributed by atoms with Crippen LogP contribution >= 0.6 is 0 Å². The molecule has 0 aromatic carbocycles. The van der Waals surface area contributed by atoms with Crippen molar-refractivity contribution in [1.29, 1.82) is 0 Å². The van der Waals surface area contributed by atoms with Crippen molar-refractivity contribution in [3.05, 3.63) is 24.3 Å². The van der Waals surface area contributed by atoms with Crippen molar-refractivity contribution >= 4 is 8.80 Å². The molecule has 0 saturated heterocycles. The minimum atomic E-state index is -0.781. The first-order valence-electron chi connectivity index (χ1n) is 9.86. The molecule has 23 heavy (non-hydrogen) atoms. The van der Waals surface area contributed by atoms with Gasteiger partial charge in [-0.1, -0.05) is 90.3 Å². The summed E-state index contributed by atoms with van der Waals surface area (Å²) >= 11 is 0. The average Bonchev–Trinajstić information content (AvgIpc) is 2.97. The molecule has 0 radical (unpaired) electrons. The molecular formula is C21H39NSi. The fourth-order valence-electron chi connectivity index (χ4n) is 4.92. The maximum Gasteiger partial charge on any atom is 0.0446 e. The summed E-state index contributed by atoms with van der Waals surface area (Å²) in [6, 6.07) is 0.417. The van der Waals surface area contributed by atoms with Gasteiger partial charge in [0.2, 0.25) is 0 Å². The van der Waals surface area contributed by atoms with Crippen molar-refractivity contribution in [2.45, 2.75) is 102 Å². The molecule has 1 fully saturated rings. The molecule has 2 rings (SSSR count). The molecule has 2 aliphatic carbocycles. The summed E-state index contributed by atoms with van der Waals surface area (Å²) in [7, 11) is -0.781. The Morgan fingerprint density at radius 3 is 1.91 bits per heavy atom. The number of hydrogen-bond donors (Lipinski definition) is 1. The molecule has 0 aliphatic heterocycles. The van der Waals surface area contributed by atoms with Gasteiger partial charge in [0.15, 0.2) is 0 Å². The topological polar surface area (TPSA) is 12.0 Å². The molecule has 0 heterocycles.